The summed E-state index contributed by atoms with van der Waals surface area (Å²) in [6.07, 6.45) is 4.15. The largest absolute Gasteiger partial charge is 0.439 e. The molecular formula is C28H26ClN5O2. The number of para-hydroxylation sites is 2. The Morgan fingerprint density at radius 1 is 1.11 bits per heavy atom. The molecule has 7 nitrogen and oxygen atoms in total. The molecule has 182 valence electrons. The van der Waals surface area contributed by atoms with E-state index in [2.05, 4.69) is 52.6 Å². The van der Waals surface area contributed by atoms with Crippen LogP contribution in [-0.4, -0.2) is 27.4 Å². The first kappa shape index (κ1) is 23.6. The molecular weight excluding hydrogens is 474 g/mol. The Morgan fingerprint density at radius 3 is 2.72 bits per heavy atom. The number of amides is 1. The predicted molar refractivity (Wildman–Crippen MR) is 144 cm³/mol. The van der Waals surface area contributed by atoms with Gasteiger partial charge in [0.15, 0.2) is 5.75 Å². The number of ether oxygens (including phenoxy) is 1. The number of benzene rings is 2. The molecule has 5 rings (SSSR count). The minimum Gasteiger partial charge on any atom is -0.407 e. The molecule has 0 atom stereocenters. The zero-order chi connectivity index (χ0) is 25.1. The summed E-state index contributed by atoms with van der Waals surface area (Å²) in [4.78, 5) is 20.0. The Balaban J connectivity index is 1.39. The van der Waals surface area contributed by atoms with Crippen molar-refractivity contribution in [2.45, 2.75) is 26.3 Å². The van der Waals surface area contributed by atoms with Crippen molar-refractivity contribution in [2.75, 3.05) is 11.9 Å². The lowest BCUT2D eigenvalue weighted by atomic mass is 10.1. The maximum absolute atomic E-state index is 12.4. The van der Waals surface area contributed by atoms with Crippen molar-refractivity contribution in [1.29, 1.82) is 0 Å². The molecule has 0 aliphatic carbocycles. The van der Waals surface area contributed by atoms with Crippen LogP contribution in [0.25, 0.3) is 21.8 Å². The van der Waals surface area contributed by atoms with E-state index < -0.39 is 6.09 Å². The molecule has 0 saturated heterocycles. The fourth-order valence-electron chi connectivity index (χ4n) is 4.09. The van der Waals surface area contributed by atoms with E-state index in [0.717, 1.165) is 40.5 Å². The summed E-state index contributed by atoms with van der Waals surface area (Å²) in [6, 6.07) is 20.8. The zero-order valence-electron chi connectivity index (χ0n) is 20.0. The van der Waals surface area contributed by atoms with Crippen molar-refractivity contribution >= 4 is 45.2 Å². The molecule has 0 aliphatic heterocycles. The van der Waals surface area contributed by atoms with Crippen LogP contribution in [0.4, 0.5) is 10.5 Å². The van der Waals surface area contributed by atoms with Crippen LogP contribution in [0, 0.1) is 0 Å². The fraction of sp³-hybridized carbons (Fsp3) is 0.179. The van der Waals surface area contributed by atoms with E-state index in [1.54, 1.807) is 30.3 Å². The van der Waals surface area contributed by atoms with Crippen LogP contribution < -0.4 is 15.4 Å². The van der Waals surface area contributed by atoms with Gasteiger partial charge in [-0.05, 0) is 56.2 Å². The summed E-state index contributed by atoms with van der Waals surface area (Å²) >= 11 is 6.08. The number of hydrogen-bond acceptors (Lipinski definition) is 4. The number of anilines is 1. The normalized spacial score (nSPS) is 11.9. The Bertz CT molecular complexity index is 1620. The summed E-state index contributed by atoms with van der Waals surface area (Å²) in [7, 11) is 0. The molecule has 0 bridgehead atoms. The molecule has 0 saturated carbocycles. The van der Waals surface area contributed by atoms with Gasteiger partial charge in [-0.3, -0.25) is 4.68 Å². The molecule has 0 fully saturated rings. The highest BCUT2D eigenvalue weighted by molar-refractivity contribution is 6.32. The van der Waals surface area contributed by atoms with Gasteiger partial charge in [0.1, 0.15) is 0 Å². The van der Waals surface area contributed by atoms with Gasteiger partial charge >= 0.3 is 6.09 Å². The van der Waals surface area contributed by atoms with Crippen LogP contribution >= 0.6 is 11.6 Å². The van der Waals surface area contributed by atoms with Gasteiger partial charge in [-0.15, -0.1) is 0 Å². The smallest absolute Gasteiger partial charge is 0.407 e. The van der Waals surface area contributed by atoms with E-state index in [4.69, 9.17) is 16.3 Å². The molecule has 0 aliphatic rings. The maximum atomic E-state index is 12.4. The van der Waals surface area contributed by atoms with Crippen LogP contribution in [0.5, 0.6) is 5.75 Å². The molecule has 2 N–H and O–H groups in total. The lowest BCUT2D eigenvalue weighted by Crippen LogP contribution is -2.09. The number of nitrogens with one attached hydrogen (secondary N) is 2. The summed E-state index contributed by atoms with van der Waals surface area (Å²) in [5.74, 6) is 0.274. The Labute approximate surface area is 213 Å². The molecule has 36 heavy (non-hydrogen) atoms. The molecule has 3 aromatic carbocycles. The number of hydrogen-bond donors (Lipinski definition) is 2. The van der Waals surface area contributed by atoms with E-state index in [1.807, 2.05) is 35.1 Å². The third kappa shape index (κ3) is 5.11. The van der Waals surface area contributed by atoms with Crippen LogP contribution in [0.2, 0.25) is 5.02 Å². The Kier molecular flexibility index (Phi) is 6.73. The summed E-state index contributed by atoms with van der Waals surface area (Å²) in [6.45, 7) is 5.01. The van der Waals surface area contributed by atoms with Gasteiger partial charge in [0.25, 0.3) is 0 Å². The van der Waals surface area contributed by atoms with E-state index in [1.165, 1.54) is 5.56 Å². The van der Waals surface area contributed by atoms with E-state index in [-0.39, 0.29) is 5.75 Å². The molecule has 2 aromatic heterocycles. The molecule has 8 heteroatoms. The number of rotatable bonds is 6. The first-order valence-electron chi connectivity index (χ1n) is 11.8. The minimum absolute atomic E-state index is 0.274. The molecule has 0 spiro atoms. The van der Waals surface area contributed by atoms with Gasteiger partial charge in [0.05, 0.1) is 27.8 Å². The van der Waals surface area contributed by atoms with Gasteiger partial charge in [-0.1, -0.05) is 48.0 Å². The van der Waals surface area contributed by atoms with Gasteiger partial charge in [0.2, 0.25) is 0 Å². The van der Waals surface area contributed by atoms with Crippen molar-refractivity contribution in [3.8, 4) is 5.75 Å². The summed E-state index contributed by atoms with van der Waals surface area (Å²) < 4.78 is 7.27. The number of carbonyl (C=O) groups is 1. The van der Waals surface area contributed by atoms with Gasteiger partial charge in [-0.2, -0.15) is 10.1 Å². The lowest BCUT2D eigenvalue weighted by molar-refractivity contribution is 0.210. The monoisotopic (exact) mass is 499 g/mol. The van der Waals surface area contributed by atoms with Crippen molar-refractivity contribution in [3.05, 3.63) is 95.1 Å². The first-order valence-corrected chi connectivity index (χ1v) is 12.2. The second kappa shape index (κ2) is 10.3. The number of halogens is 1. The van der Waals surface area contributed by atoms with E-state index in [0.29, 0.717) is 16.4 Å². The van der Waals surface area contributed by atoms with Crippen molar-refractivity contribution in [3.63, 3.8) is 0 Å². The summed E-state index contributed by atoms with van der Waals surface area (Å²) in [5, 5.41) is 10.9. The molecule has 0 radical (unpaired) electrons. The van der Waals surface area contributed by atoms with Crippen LogP contribution in [0.3, 0.4) is 0 Å². The number of carbonyl (C=O) groups excluding carboxylic acids is 1. The zero-order valence-corrected chi connectivity index (χ0v) is 20.8. The second-order valence-corrected chi connectivity index (χ2v) is 9.19. The van der Waals surface area contributed by atoms with E-state index >= 15 is 0 Å². The average Bonchev–Trinajstić information content (AvgIpc) is 3.41. The predicted octanol–water partition coefficient (Wildman–Crippen LogP) is 6.51. The van der Waals surface area contributed by atoms with Crippen LogP contribution in [0.15, 0.2) is 84.1 Å². The second-order valence-electron chi connectivity index (χ2n) is 8.78. The quantitative estimate of drug-likeness (QED) is 0.279. The standard InChI is InChI=1S/C28H26ClN5O2/c1-18(2)34-17-19(16-31-34)13-14-30-24-11-6-9-22-21-8-5-7-20(15-25(21)33-27(22)24)32-28(35)36-26-12-4-3-10-23(26)29/h3-12,15-18,30,33H,13-14H2,1-2H3. The van der Waals surface area contributed by atoms with Crippen LogP contribution in [-0.2, 0) is 6.42 Å². The topological polar surface area (TPSA) is 84.3 Å². The summed E-state index contributed by atoms with van der Waals surface area (Å²) in [5.41, 5.74) is 4.08. The SMILES string of the molecule is CC(C)n1cc(CCNc2cccc3c2[nH]c2cc(=NC(=O)Oc4ccccc4Cl)cccc23)cn1. The Hall–Kier alpha value is -4.10. The Morgan fingerprint density at radius 2 is 1.92 bits per heavy atom. The van der Waals surface area contributed by atoms with Crippen molar-refractivity contribution < 1.29 is 9.53 Å². The number of aromatic nitrogens is 3. The minimum atomic E-state index is -0.735. The van der Waals surface area contributed by atoms with Crippen molar-refractivity contribution in [2.24, 2.45) is 4.99 Å². The van der Waals surface area contributed by atoms with Crippen molar-refractivity contribution in [1.82, 2.24) is 14.8 Å². The fourth-order valence-corrected chi connectivity index (χ4v) is 4.26. The molecule has 1 amide bonds. The molecule has 0 unspecified atom stereocenters. The van der Waals surface area contributed by atoms with Crippen LogP contribution in [0.1, 0.15) is 25.5 Å². The number of nitrogens with zero attached hydrogens (tertiary/aromatic N) is 3. The van der Waals surface area contributed by atoms with Gasteiger partial charge in [0, 0.05) is 35.1 Å². The molecule has 5 aromatic rings. The highest BCUT2D eigenvalue weighted by Gasteiger charge is 2.09. The number of fused-ring (bicyclic) bond motifs is 3. The lowest BCUT2D eigenvalue weighted by Gasteiger charge is -2.07. The highest BCUT2D eigenvalue weighted by atomic mass is 35.5. The maximum Gasteiger partial charge on any atom is 0.439 e. The first-order chi connectivity index (χ1) is 17.5. The number of aromatic amines is 1. The third-order valence-corrected chi connectivity index (χ3v) is 6.21. The molecule has 2 heterocycles. The van der Waals surface area contributed by atoms with Gasteiger partial charge < -0.3 is 15.0 Å². The highest BCUT2D eigenvalue weighted by Crippen LogP contribution is 2.29. The van der Waals surface area contributed by atoms with Gasteiger partial charge in [-0.25, -0.2) is 4.79 Å². The third-order valence-electron chi connectivity index (χ3n) is 5.89. The average molecular weight is 500 g/mol. The van der Waals surface area contributed by atoms with E-state index in [9.17, 15) is 4.79 Å². The number of H-pyrrole nitrogens is 1.